The summed E-state index contributed by atoms with van der Waals surface area (Å²) in [6.07, 6.45) is 9.80. The molecule has 0 bridgehead atoms. The first-order chi connectivity index (χ1) is 20.5. The number of benzene rings is 1. The van der Waals surface area contributed by atoms with Crippen LogP contribution in [0.3, 0.4) is 0 Å². The molecule has 11 heteroatoms. The summed E-state index contributed by atoms with van der Waals surface area (Å²) in [5.74, 6) is 0.654. The molecule has 0 saturated carbocycles. The van der Waals surface area contributed by atoms with Crippen molar-refractivity contribution in [1.29, 1.82) is 0 Å². The van der Waals surface area contributed by atoms with E-state index < -0.39 is 6.04 Å². The van der Waals surface area contributed by atoms with Crippen LogP contribution in [-0.2, 0) is 16.1 Å². The standard InChI is InChI=1S/C31H42N8O3/c40-29(37-16-11-24(12-17-37)38-21-23-6-2-3-7-26(23)36-31(38)42)20-27(35-28-10-15-33-22-34-28)30(41)39(18-4-1-5-19-39)25-8-13-32-14-9-25/h2-3,6-7,10,15,22,24-25,27,32H,1,4-5,8-9,11-14,16-21H2,(H-,33,34,35,36,42)/p+1. The normalized spacial score (nSPS) is 22.1. The summed E-state index contributed by atoms with van der Waals surface area (Å²) in [5.41, 5.74) is 1.98. The fourth-order valence-corrected chi connectivity index (χ4v) is 7.46. The van der Waals surface area contributed by atoms with Crippen LogP contribution < -0.4 is 16.0 Å². The molecule has 4 amide bonds. The van der Waals surface area contributed by atoms with Gasteiger partial charge in [0.15, 0.2) is 6.04 Å². The molecule has 3 saturated heterocycles. The molecule has 3 fully saturated rings. The Hall–Kier alpha value is -3.57. The van der Waals surface area contributed by atoms with Crippen LogP contribution in [0.5, 0.6) is 0 Å². The minimum Gasteiger partial charge on any atom is -0.355 e. The second-order valence-electron chi connectivity index (χ2n) is 12.2. The molecule has 4 aliphatic rings. The molecule has 0 aliphatic carbocycles. The van der Waals surface area contributed by atoms with E-state index in [2.05, 4.69) is 25.9 Å². The first kappa shape index (κ1) is 28.5. The molecular formula is C31H43N8O3+. The van der Waals surface area contributed by atoms with Crippen molar-refractivity contribution in [2.24, 2.45) is 0 Å². The number of piperidine rings is 3. The number of fused-ring (bicyclic) bond motifs is 1. The van der Waals surface area contributed by atoms with Crippen molar-refractivity contribution in [3.63, 3.8) is 0 Å². The SMILES string of the molecule is O=C(CC(Nc1ccncn1)C(=O)[N+]1(C2CCNCC2)CCCCC1)N1CCC(N2Cc3ccccc3NC2=O)CC1. The van der Waals surface area contributed by atoms with E-state index in [0.29, 0.717) is 42.8 Å². The maximum atomic E-state index is 14.6. The zero-order valence-corrected chi connectivity index (χ0v) is 24.3. The molecule has 0 radical (unpaired) electrons. The fraction of sp³-hybridized carbons (Fsp3) is 0.581. The van der Waals surface area contributed by atoms with Crippen LogP contribution in [0.4, 0.5) is 16.3 Å². The molecule has 5 heterocycles. The van der Waals surface area contributed by atoms with Crippen molar-refractivity contribution >= 4 is 29.4 Å². The lowest BCUT2D eigenvalue weighted by Gasteiger charge is -2.47. The number of hydrogen-bond acceptors (Lipinski definition) is 7. The molecule has 11 nitrogen and oxygen atoms in total. The summed E-state index contributed by atoms with van der Waals surface area (Å²) in [7, 11) is 0. The Kier molecular flexibility index (Phi) is 8.66. The minimum absolute atomic E-state index is 0.0257. The first-order valence-corrected chi connectivity index (χ1v) is 15.6. The van der Waals surface area contributed by atoms with Crippen molar-refractivity contribution in [2.75, 3.05) is 49.9 Å². The number of aromatic nitrogens is 2. The molecule has 4 aliphatic heterocycles. The Labute approximate surface area is 247 Å². The van der Waals surface area contributed by atoms with Gasteiger partial charge in [0.1, 0.15) is 12.1 Å². The lowest BCUT2D eigenvalue weighted by atomic mass is 9.93. The predicted molar refractivity (Wildman–Crippen MR) is 159 cm³/mol. The van der Waals surface area contributed by atoms with Crippen molar-refractivity contribution < 1.29 is 18.9 Å². The van der Waals surface area contributed by atoms with Crippen LogP contribution in [-0.4, -0.2) is 99.5 Å². The quantitative estimate of drug-likeness (QED) is 0.435. The third-order valence-electron chi connectivity index (χ3n) is 9.76. The van der Waals surface area contributed by atoms with Crippen LogP contribution in [0.25, 0.3) is 0 Å². The van der Waals surface area contributed by atoms with Gasteiger partial charge in [-0.3, -0.25) is 9.28 Å². The Morgan fingerprint density at radius 2 is 1.79 bits per heavy atom. The van der Waals surface area contributed by atoms with Gasteiger partial charge in [-0.25, -0.2) is 19.6 Å². The van der Waals surface area contributed by atoms with Crippen molar-refractivity contribution in [2.45, 2.75) is 76.0 Å². The number of nitrogens with zero attached hydrogens (tertiary/aromatic N) is 5. The van der Waals surface area contributed by atoms with Crippen molar-refractivity contribution in [1.82, 2.24) is 25.1 Å². The monoisotopic (exact) mass is 575 g/mol. The zero-order chi connectivity index (χ0) is 28.9. The fourth-order valence-electron chi connectivity index (χ4n) is 7.46. The van der Waals surface area contributed by atoms with Crippen LogP contribution in [0, 0.1) is 0 Å². The molecule has 224 valence electrons. The number of anilines is 2. The van der Waals surface area contributed by atoms with E-state index in [1.54, 1.807) is 12.3 Å². The number of para-hydroxylation sites is 1. The second-order valence-corrected chi connectivity index (χ2v) is 12.2. The summed E-state index contributed by atoms with van der Waals surface area (Å²) in [6, 6.07) is 9.26. The third-order valence-corrected chi connectivity index (χ3v) is 9.76. The van der Waals surface area contributed by atoms with E-state index in [9.17, 15) is 14.4 Å². The molecule has 3 N–H and O–H groups in total. The van der Waals surface area contributed by atoms with Crippen LogP contribution >= 0.6 is 0 Å². The number of urea groups is 1. The average Bonchev–Trinajstić information content (AvgIpc) is 3.05. The summed E-state index contributed by atoms with van der Waals surface area (Å²) in [5, 5.41) is 9.80. The number of carbonyl (C=O) groups excluding carboxylic acids is 3. The van der Waals surface area contributed by atoms with Crippen molar-refractivity contribution in [3.8, 4) is 0 Å². The van der Waals surface area contributed by atoms with E-state index in [1.807, 2.05) is 34.1 Å². The highest BCUT2D eigenvalue weighted by atomic mass is 16.2. The maximum absolute atomic E-state index is 14.6. The third kappa shape index (κ3) is 5.98. The lowest BCUT2D eigenvalue weighted by molar-refractivity contribution is -0.885. The Morgan fingerprint density at radius 3 is 2.52 bits per heavy atom. The highest BCUT2D eigenvalue weighted by Gasteiger charge is 2.49. The van der Waals surface area contributed by atoms with Crippen LogP contribution in [0.1, 0.15) is 56.9 Å². The van der Waals surface area contributed by atoms with Crippen molar-refractivity contribution in [3.05, 3.63) is 48.4 Å². The molecule has 0 spiro atoms. The first-order valence-electron chi connectivity index (χ1n) is 15.6. The van der Waals surface area contributed by atoms with E-state index >= 15 is 0 Å². The predicted octanol–water partition coefficient (Wildman–Crippen LogP) is 2.97. The number of amides is 4. The second kappa shape index (κ2) is 12.7. The van der Waals surface area contributed by atoms with E-state index in [0.717, 1.165) is 69.5 Å². The maximum Gasteiger partial charge on any atom is 0.336 e. The Morgan fingerprint density at radius 1 is 1.02 bits per heavy atom. The lowest BCUT2D eigenvalue weighted by Crippen LogP contribution is -2.67. The summed E-state index contributed by atoms with van der Waals surface area (Å²) < 4.78 is 0.464. The van der Waals surface area contributed by atoms with Gasteiger partial charge in [-0.05, 0) is 49.8 Å². The molecular weight excluding hydrogens is 532 g/mol. The summed E-state index contributed by atoms with van der Waals surface area (Å²) >= 11 is 0. The number of nitrogens with one attached hydrogen (secondary N) is 3. The van der Waals surface area contributed by atoms with Gasteiger partial charge in [0.25, 0.3) is 0 Å². The molecule has 2 aromatic rings. The van der Waals surface area contributed by atoms with Gasteiger partial charge >= 0.3 is 11.9 Å². The highest BCUT2D eigenvalue weighted by Crippen LogP contribution is 2.31. The van der Waals surface area contributed by atoms with Gasteiger partial charge in [0, 0.05) is 63.5 Å². The van der Waals surface area contributed by atoms with Gasteiger partial charge in [-0.2, -0.15) is 0 Å². The van der Waals surface area contributed by atoms with Gasteiger partial charge < -0.3 is 25.8 Å². The number of rotatable bonds is 7. The summed E-state index contributed by atoms with van der Waals surface area (Å²) in [6.45, 7) is 5.25. The van der Waals surface area contributed by atoms with Gasteiger partial charge in [-0.15, -0.1) is 0 Å². The highest BCUT2D eigenvalue weighted by molar-refractivity contribution is 5.92. The summed E-state index contributed by atoms with van der Waals surface area (Å²) in [4.78, 5) is 53.3. The molecule has 1 aromatic heterocycles. The van der Waals surface area contributed by atoms with Crippen LogP contribution in [0.2, 0.25) is 0 Å². The number of hydrogen-bond donors (Lipinski definition) is 3. The molecule has 6 rings (SSSR count). The topological polar surface area (TPSA) is 120 Å². The molecule has 1 atom stereocenters. The number of carbonyl (C=O) groups is 3. The number of likely N-dealkylation sites (tertiary alicyclic amines) is 2. The number of quaternary nitrogens is 1. The van der Waals surface area contributed by atoms with E-state index in [-0.39, 0.29) is 36.3 Å². The molecule has 1 aromatic carbocycles. The zero-order valence-electron chi connectivity index (χ0n) is 24.3. The molecule has 42 heavy (non-hydrogen) atoms. The average molecular weight is 576 g/mol. The Balaban J connectivity index is 1.14. The van der Waals surface area contributed by atoms with Gasteiger partial charge in [0.05, 0.1) is 25.6 Å². The van der Waals surface area contributed by atoms with Gasteiger partial charge in [-0.1, -0.05) is 18.2 Å². The largest absolute Gasteiger partial charge is 0.355 e. The van der Waals surface area contributed by atoms with E-state index in [1.165, 1.54) is 6.33 Å². The smallest absolute Gasteiger partial charge is 0.336 e. The minimum atomic E-state index is -0.664. The van der Waals surface area contributed by atoms with Gasteiger partial charge in [0.2, 0.25) is 5.91 Å². The van der Waals surface area contributed by atoms with Crippen LogP contribution in [0.15, 0.2) is 42.9 Å². The Bertz CT molecular complexity index is 1250. The van der Waals surface area contributed by atoms with E-state index in [4.69, 9.17) is 0 Å². The molecule has 1 unspecified atom stereocenters.